The average Bonchev–Trinajstić information content (AvgIpc) is 2.34. The Morgan fingerprint density at radius 2 is 1.94 bits per heavy atom. The molecule has 0 bridgehead atoms. The highest BCUT2D eigenvalue weighted by molar-refractivity contribution is 6.33. The average molecular weight is 252 g/mol. The van der Waals surface area contributed by atoms with Crippen LogP contribution in [0.15, 0.2) is 23.2 Å². The molecule has 0 saturated carbocycles. The van der Waals surface area contributed by atoms with Gasteiger partial charge in [-0.2, -0.15) is 0 Å². The molecule has 0 saturated heterocycles. The van der Waals surface area contributed by atoms with Gasteiger partial charge in [-0.05, 0) is 30.9 Å². The minimum atomic E-state index is 0.818. The molecule has 1 aromatic carbocycles. The molecule has 1 aromatic rings. The van der Waals surface area contributed by atoms with E-state index in [2.05, 4.69) is 24.9 Å². The zero-order chi connectivity index (χ0) is 12.5. The first-order chi connectivity index (χ1) is 8.29. The molecule has 0 aliphatic rings. The van der Waals surface area contributed by atoms with E-state index in [1.54, 1.807) is 0 Å². The molecular weight excluding hydrogens is 230 g/mol. The molecule has 17 heavy (non-hydrogen) atoms. The number of aliphatic imine (C=N–C) groups is 1. The van der Waals surface area contributed by atoms with E-state index in [9.17, 15) is 0 Å². The third-order valence-electron chi connectivity index (χ3n) is 2.80. The molecule has 0 fully saturated rings. The number of hydrogen-bond donors (Lipinski definition) is 0. The Hall–Kier alpha value is -0.820. The van der Waals surface area contributed by atoms with Crippen LogP contribution in [0.5, 0.6) is 0 Å². The minimum Gasteiger partial charge on any atom is -0.292 e. The lowest BCUT2D eigenvalue weighted by atomic mass is 10.0. The van der Waals surface area contributed by atoms with Gasteiger partial charge in [0.2, 0.25) is 0 Å². The predicted octanol–water partition coefficient (Wildman–Crippen LogP) is 4.90. The van der Waals surface area contributed by atoms with E-state index < -0.39 is 0 Å². The summed E-state index contributed by atoms with van der Waals surface area (Å²) in [6, 6.07) is 6.12. The maximum Gasteiger partial charge on any atom is 0.0496 e. The van der Waals surface area contributed by atoms with Gasteiger partial charge in [-0.25, -0.2) is 0 Å². The van der Waals surface area contributed by atoms with Gasteiger partial charge in [-0.15, -0.1) is 0 Å². The third kappa shape index (κ3) is 4.91. The summed E-state index contributed by atoms with van der Waals surface area (Å²) in [5.74, 6) is 0. The zero-order valence-corrected chi connectivity index (χ0v) is 11.6. The van der Waals surface area contributed by atoms with Crippen molar-refractivity contribution in [3.05, 3.63) is 34.3 Å². The van der Waals surface area contributed by atoms with Gasteiger partial charge < -0.3 is 0 Å². The van der Waals surface area contributed by atoms with Gasteiger partial charge in [-0.1, -0.05) is 50.4 Å². The van der Waals surface area contributed by atoms with Crippen LogP contribution < -0.4 is 0 Å². The third-order valence-corrected chi connectivity index (χ3v) is 3.13. The highest BCUT2D eigenvalue weighted by atomic mass is 35.5. The smallest absolute Gasteiger partial charge is 0.0496 e. The number of halogens is 1. The Kier molecular flexibility index (Phi) is 6.95. The standard InChI is InChI=1S/C15H22ClN/c1-3-5-8-13-9-7-10-15(16)14(13)12-17-11-6-4-2/h7,9-10,12H,3-6,8,11H2,1-2H3. The number of benzene rings is 1. The fraction of sp³-hybridized carbons (Fsp3) is 0.533. The summed E-state index contributed by atoms with van der Waals surface area (Å²) in [6.45, 7) is 5.28. The fourth-order valence-electron chi connectivity index (χ4n) is 1.72. The van der Waals surface area contributed by atoms with Crippen LogP contribution in [-0.2, 0) is 6.42 Å². The van der Waals surface area contributed by atoms with Gasteiger partial charge >= 0.3 is 0 Å². The van der Waals surface area contributed by atoms with Crippen molar-refractivity contribution in [1.82, 2.24) is 0 Å². The molecule has 94 valence electrons. The van der Waals surface area contributed by atoms with Crippen LogP contribution in [-0.4, -0.2) is 12.8 Å². The van der Waals surface area contributed by atoms with E-state index in [1.807, 2.05) is 18.3 Å². The summed E-state index contributed by atoms with van der Waals surface area (Å²) in [4.78, 5) is 4.45. The second kappa shape index (κ2) is 8.30. The van der Waals surface area contributed by atoms with E-state index in [0.717, 1.165) is 30.0 Å². The monoisotopic (exact) mass is 251 g/mol. The molecule has 2 heteroatoms. The van der Waals surface area contributed by atoms with Crippen LogP contribution in [0.3, 0.4) is 0 Å². The summed E-state index contributed by atoms with van der Waals surface area (Å²) in [7, 11) is 0. The zero-order valence-electron chi connectivity index (χ0n) is 10.9. The van der Waals surface area contributed by atoms with Gasteiger partial charge in [0.05, 0.1) is 0 Å². The normalized spacial score (nSPS) is 11.2. The van der Waals surface area contributed by atoms with Crippen LogP contribution in [0, 0.1) is 0 Å². The topological polar surface area (TPSA) is 12.4 Å². The summed E-state index contributed by atoms with van der Waals surface area (Å²) in [6.07, 6.45) is 7.78. The minimum absolute atomic E-state index is 0.818. The Morgan fingerprint density at radius 1 is 1.18 bits per heavy atom. The molecule has 0 aromatic heterocycles. The van der Waals surface area contributed by atoms with E-state index in [-0.39, 0.29) is 0 Å². The highest BCUT2D eigenvalue weighted by Crippen LogP contribution is 2.20. The second-order valence-electron chi connectivity index (χ2n) is 4.31. The van der Waals surface area contributed by atoms with Gasteiger partial charge in [0, 0.05) is 23.3 Å². The Labute approximate surface area is 110 Å². The Balaban J connectivity index is 2.76. The lowest BCUT2D eigenvalue weighted by Gasteiger charge is -2.06. The van der Waals surface area contributed by atoms with Gasteiger partial charge in [0.25, 0.3) is 0 Å². The Bertz CT molecular complexity index is 358. The van der Waals surface area contributed by atoms with Crippen LogP contribution in [0.4, 0.5) is 0 Å². The van der Waals surface area contributed by atoms with Gasteiger partial charge in [-0.3, -0.25) is 4.99 Å². The molecule has 0 unspecified atom stereocenters. The van der Waals surface area contributed by atoms with Crippen molar-refractivity contribution >= 4 is 17.8 Å². The van der Waals surface area contributed by atoms with E-state index in [1.165, 1.54) is 24.8 Å². The van der Waals surface area contributed by atoms with E-state index in [0.29, 0.717) is 0 Å². The van der Waals surface area contributed by atoms with Gasteiger partial charge in [0.15, 0.2) is 0 Å². The second-order valence-corrected chi connectivity index (χ2v) is 4.71. The highest BCUT2D eigenvalue weighted by Gasteiger charge is 2.03. The number of unbranched alkanes of at least 4 members (excludes halogenated alkanes) is 2. The predicted molar refractivity (Wildman–Crippen MR) is 77.4 cm³/mol. The van der Waals surface area contributed by atoms with Crippen LogP contribution >= 0.6 is 11.6 Å². The van der Waals surface area contributed by atoms with Crippen LogP contribution in [0.1, 0.15) is 50.7 Å². The molecule has 0 spiro atoms. The summed E-state index contributed by atoms with van der Waals surface area (Å²) < 4.78 is 0. The Morgan fingerprint density at radius 3 is 2.65 bits per heavy atom. The molecule has 0 aliphatic carbocycles. The summed E-state index contributed by atoms with van der Waals surface area (Å²) in [5.41, 5.74) is 2.43. The molecule has 1 rings (SSSR count). The van der Waals surface area contributed by atoms with E-state index in [4.69, 9.17) is 11.6 Å². The maximum absolute atomic E-state index is 6.23. The SMILES string of the molecule is CCCCN=Cc1c(Cl)cccc1CCCC. The lowest BCUT2D eigenvalue weighted by Crippen LogP contribution is -1.95. The van der Waals surface area contributed by atoms with Crippen molar-refractivity contribution in [2.45, 2.75) is 46.0 Å². The molecule has 0 amide bonds. The van der Waals surface area contributed by atoms with Crippen molar-refractivity contribution in [3.63, 3.8) is 0 Å². The molecule has 0 aliphatic heterocycles. The van der Waals surface area contributed by atoms with Crippen LogP contribution in [0.25, 0.3) is 0 Å². The molecule has 0 atom stereocenters. The number of hydrogen-bond acceptors (Lipinski definition) is 1. The van der Waals surface area contributed by atoms with Crippen molar-refractivity contribution in [3.8, 4) is 0 Å². The van der Waals surface area contributed by atoms with Crippen molar-refractivity contribution in [2.24, 2.45) is 4.99 Å². The van der Waals surface area contributed by atoms with Crippen molar-refractivity contribution < 1.29 is 0 Å². The number of nitrogens with zero attached hydrogens (tertiary/aromatic N) is 1. The lowest BCUT2D eigenvalue weighted by molar-refractivity contribution is 0.793. The van der Waals surface area contributed by atoms with E-state index >= 15 is 0 Å². The number of aryl methyl sites for hydroxylation is 1. The molecule has 1 nitrogen and oxygen atoms in total. The van der Waals surface area contributed by atoms with Crippen molar-refractivity contribution in [2.75, 3.05) is 6.54 Å². The quantitative estimate of drug-likeness (QED) is 0.483. The first kappa shape index (κ1) is 14.2. The van der Waals surface area contributed by atoms with Crippen LogP contribution in [0.2, 0.25) is 5.02 Å². The fourth-order valence-corrected chi connectivity index (χ4v) is 1.96. The summed E-state index contributed by atoms with van der Waals surface area (Å²) >= 11 is 6.23. The molecule has 0 N–H and O–H groups in total. The number of rotatable bonds is 7. The summed E-state index contributed by atoms with van der Waals surface area (Å²) in [5, 5.41) is 0.818. The maximum atomic E-state index is 6.23. The van der Waals surface area contributed by atoms with Gasteiger partial charge in [0.1, 0.15) is 0 Å². The largest absolute Gasteiger partial charge is 0.292 e. The molecular formula is C15H22ClN. The molecule has 0 heterocycles. The molecule has 0 radical (unpaired) electrons. The first-order valence-corrected chi connectivity index (χ1v) is 6.94. The van der Waals surface area contributed by atoms with Crippen molar-refractivity contribution in [1.29, 1.82) is 0 Å². The first-order valence-electron chi connectivity index (χ1n) is 6.56.